The molecule has 0 aliphatic heterocycles. The van der Waals surface area contributed by atoms with E-state index in [2.05, 4.69) is 33.1 Å². The van der Waals surface area contributed by atoms with E-state index in [4.69, 9.17) is 0 Å². The van der Waals surface area contributed by atoms with E-state index >= 15 is 0 Å². The van der Waals surface area contributed by atoms with E-state index < -0.39 is 0 Å². The van der Waals surface area contributed by atoms with Gasteiger partial charge in [-0.1, -0.05) is 52.9 Å². The monoisotopic (exact) mass is 213 g/mol. The lowest BCUT2D eigenvalue weighted by Gasteiger charge is -2.33. The van der Waals surface area contributed by atoms with Crippen molar-refractivity contribution < 1.29 is 0 Å². The number of hydrogen-bond donors (Lipinski definition) is 1. The molecule has 0 aliphatic carbocycles. The Hall–Kier alpha value is -0.0400. The Morgan fingerprint density at radius 2 is 1.47 bits per heavy atom. The third kappa shape index (κ3) is 6.19. The summed E-state index contributed by atoms with van der Waals surface area (Å²) in [5.74, 6) is 0. The van der Waals surface area contributed by atoms with Gasteiger partial charge in [0, 0.05) is 6.54 Å². The van der Waals surface area contributed by atoms with Crippen LogP contribution >= 0.6 is 0 Å². The molecule has 0 saturated carbocycles. The van der Waals surface area contributed by atoms with Crippen LogP contribution < -0.4 is 5.32 Å². The summed E-state index contributed by atoms with van der Waals surface area (Å²) in [4.78, 5) is 0. The zero-order chi connectivity index (χ0) is 11.6. The second-order valence-electron chi connectivity index (χ2n) is 4.94. The largest absolute Gasteiger partial charge is 0.319 e. The third-order valence-corrected chi connectivity index (χ3v) is 3.67. The standard InChI is InChI=1S/C14H31N/c1-5-8-10-12-14(7-3,13-15-4)11-9-6-2/h15H,5-13H2,1-4H3. The lowest BCUT2D eigenvalue weighted by molar-refractivity contribution is 0.210. The smallest absolute Gasteiger partial charge is 0.000470 e. The zero-order valence-electron chi connectivity index (χ0n) is 11.4. The highest BCUT2D eigenvalue weighted by molar-refractivity contribution is 4.79. The quantitative estimate of drug-likeness (QED) is 0.531. The van der Waals surface area contributed by atoms with Gasteiger partial charge >= 0.3 is 0 Å². The predicted octanol–water partition coefficient (Wildman–Crippen LogP) is 4.37. The van der Waals surface area contributed by atoms with E-state index in [1.165, 1.54) is 57.9 Å². The van der Waals surface area contributed by atoms with E-state index in [1.807, 2.05) is 0 Å². The number of rotatable bonds is 10. The molecule has 1 nitrogen and oxygen atoms in total. The Bertz CT molecular complexity index is 133. The van der Waals surface area contributed by atoms with E-state index in [0.29, 0.717) is 5.41 Å². The summed E-state index contributed by atoms with van der Waals surface area (Å²) < 4.78 is 0. The van der Waals surface area contributed by atoms with Crippen LogP contribution in [0.3, 0.4) is 0 Å². The van der Waals surface area contributed by atoms with E-state index in [9.17, 15) is 0 Å². The molecule has 92 valence electrons. The maximum absolute atomic E-state index is 3.40. The van der Waals surface area contributed by atoms with Crippen molar-refractivity contribution in [3.8, 4) is 0 Å². The van der Waals surface area contributed by atoms with Gasteiger partial charge in [0.1, 0.15) is 0 Å². The van der Waals surface area contributed by atoms with Crippen molar-refractivity contribution in [1.29, 1.82) is 0 Å². The van der Waals surface area contributed by atoms with Crippen LogP contribution in [0.25, 0.3) is 0 Å². The Morgan fingerprint density at radius 3 is 1.93 bits per heavy atom. The fraction of sp³-hybridized carbons (Fsp3) is 1.00. The molecule has 1 heteroatoms. The van der Waals surface area contributed by atoms with Gasteiger partial charge < -0.3 is 5.32 Å². The summed E-state index contributed by atoms with van der Waals surface area (Å²) >= 11 is 0. The van der Waals surface area contributed by atoms with Gasteiger partial charge in [0.2, 0.25) is 0 Å². The SMILES string of the molecule is CCCCCC(CC)(CCCC)CNC. The lowest BCUT2D eigenvalue weighted by atomic mass is 9.76. The summed E-state index contributed by atoms with van der Waals surface area (Å²) in [5.41, 5.74) is 0.583. The maximum atomic E-state index is 3.40. The molecular weight excluding hydrogens is 182 g/mol. The maximum Gasteiger partial charge on any atom is 0.000470 e. The van der Waals surface area contributed by atoms with Crippen LogP contribution in [0.15, 0.2) is 0 Å². The molecule has 0 aliphatic rings. The third-order valence-electron chi connectivity index (χ3n) is 3.67. The van der Waals surface area contributed by atoms with Gasteiger partial charge in [0.05, 0.1) is 0 Å². The minimum Gasteiger partial charge on any atom is -0.319 e. The van der Waals surface area contributed by atoms with Crippen molar-refractivity contribution in [2.24, 2.45) is 5.41 Å². The van der Waals surface area contributed by atoms with Crippen LogP contribution in [0.4, 0.5) is 0 Å². The fourth-order valence-corrected chi connectivity index (χ4v) is 2.46. The molecule has 15 heavy (non-hydrogen) atoms. The molecule has 0 amide bonds. The molecule has 0 bridgehead atoms. The van der Waals surface area contributed by atoms with Gasteiger partial charge in [-0.2, -0.15) is 0 Å². The van der Waals surface area contributed by atoms with Gasteiger partial charge in [0.15, 0.2) is 0 Å². The van der Waals surface area contributed by atoms with Crippen LogP contribution in [-0.2, 0) is 0 Å². The molecule has 0 radical (unpaired) electrons. The summed E-state index contributed by atoms with van der Waals surface area (Å²) in [6, 6.07) is 0. The van der Waals surface area contributed by atoms with Crippen molar-refractivity contribution in [2.45, 2.75) is 72.1 Å². The molecular formula is C14H31N. The molecule has 1 N–H and O–H groups in total. The van der Waals surface area contributed by atoms with Gasteiger partial charge in [-0.3, -0.25) is 0 Å². The van der Waals surface area contributed by atoms with Crippen LogP contribution in [0, 0.1) is 5.41 Å². The highest BCUT2D eigenvalue weighted by atomic mass is 14.8. The molecule has 1 atom stereocenters. The fourth-order valence-electron chi connectivity index (χ4n) is 2.46. The van der Waals surface area contributed by atoms with Crippen LogP contribution in [-0.4, -0.2) is 13.6 Å². The van der Waals surface area contributed by atoms with E-state index in [1.54, 1.807) is 0 Å². The average molecular weight is 213 g/mol. The number of nitrogens with one attached hydrogen (secondary N) is 1. The average Bonchev–Trinajstić information content (AvgIpc) is 2.26. The minimum absolute atomic E-state index is 0.583. The Labute approximate surface area is 97.0 Å². The second-order valence-corrected chi connectivity index (χ2v) is 4.94. The first-order valence-electron chi connectivity index (χ1n) is 6.89. The summed E-state index contributed by atoms with van der Waals surface area (Å²) in [5, 5.41) is 3.40. The van der Waals surface area contributed by atoms with Crippen LogP contribution in [0.2, 0.25) is 0 Å². The van der Waals surface area contributed by atoms with Crippen molar-refractivity contribution in [2.75, 3.05) is 13.6 Å². The Kier molecular flexibility index (Phi) is 9.18. The number of hydrogen-bond acceptors (Lipinski definition) is 1. The molecule has 0 rings (SSSR count). The van der Waals surface area contributed by atoms with Crippen LogP contribution in [0.1, 0.15) is 72.1 Å². The summed E-state index contributed by atoms with van der Waals surface area (Å²) in [6.07, 6.45) is 11.0. The first-order chi connectivity index (χ1) is 7.24. The lowest BCUT2D eigenvalue weighted by Crippen LogP contribution is -2.32. The molecule has 0 saturated heterocycles. The molecule has 0 aromatic rings. The molecule has 0 aromatic carbocycles. The molecule has 1 unspecified atom stereocenters. The predicted molar refractivity (Wildman–Crippen MR) is 70.3 cm³/mol. The van der Waals surface area contributed by atoms with Gasteiger partial charge in [-0.05, 0) is 31.7 Å². The zero-order valence-corrected chi connectivity index (χ0v) is 11.4. The minimum atomic E-state index is 0.583. The molecule has 0 spiro atoms. The first-order valence-corrected chi connectivity index (χ1v) is 6.89. The summed E-state index contributed by atoms with van der Waals surface area (Å²) in [6.45, 7) is 8.15. The number of unbranched alkanes of at least 4 members (excludes halogenated alkanes) is 3. The van der Waals surface area contributed by atoms with Gasteiger partial charge in [-0.15, -0.1) is 0 Å². The highest BCUT2D eigenvalue weighted by Crippen LogP contribution is 2.34. The van der Waals surface area contributed by atoms with Crippen molar-refractivity contribution in [1.82, 2.24) is 5.32 Å². The summed E-state index contributed by atoms with van der Waals surface area (Å²) in [7, 11) is 2.09. The van der Waals surface area contributed by atoms with E-state index in [-0.39, 0.29) is 0 Å². The van der Waals surface area contributed by atoms with Crippen molar-refractivity contribution in [3.05, 3.63) is 0 Å². The van der Waals surface area contributed by atoms with Gasteiger partial charge in [0.25, 0.3) is 0 Å². The first kappa shape index (κ1) is 15.0. The normalized spacial score (nSPS) is 15.2. The Balaban J connectivity index is 4.09. The van der Waals surface area contributed by atoms with Crippen LogP contribution in [0.5, 0.6) is 0 Å². The topological polar surface area (TPSA) is 12.0 Å². The molecule has 0 fully saturated rings. The van der Waals surface area contributed by atoms with Crippen molar-refractivity contribution in [3.63, 3.8) is 0 Å². The van der Waals surface area contributed by atoms with Gasteiger partial charge in [-0.25, -0.2) is 0 Å². The molecule has 0 aromatic heterocycles. The molecule has 0 heterocycles. The Morgan fingerprint density at radius 1 is 0.867 bits per heavy atom. The second kappa shape index (κ2) is 9.21. The highest BCUT2D eigenvalue weighted by Gasteiger charge is 2.25. The van der Waals surface area contributed by atoms with E-state index in [0.717, 1.165) is 0 Å². The van der Waals surface area contributed by atoms with Crippen molar-refractivity contribution >= 4 is 0 Å².